The predicted molar refractivity (Wildman–Crippen MR) is 52.6 cm³/mol. The van der Waals surface area contributed by atoms with Crippen LogP contribution < -0.4 is 5.73 Å². The Bertz CT molecular complexity index is 433. The first-order valence-electron chi connectivity index (χ1n) is 3.65. The van der Waals surface area contributed by atoms with Crippen LogP contribution in [-0.4, -0.2) is 5.11 Å². The SMILES string of the molecule is Cc1csc2c(N)cc(O)cc12. The van der Waals surface area contributed by atoms with E-state index in [1.165, 1.54) is 0 Å². The molecule has 62 valence electrons. The molecular formula is C9H9NOS. The van der Waals surface area contributed by atoms with Gasteiger partial charge in [0.2, 0.25) is 0 Å². The zero-order chi connectivity index (χ0) is 8.72. The quantitative estimate of drug-likeness (QED) is 0.610. The van der Waals surface area contributed by atoms with Crippen LogP contribution in [-0.2, 0) is 0 Å². The molecule has 0 unspecified atom stereocenters. The number of nitrogens with two attached hydrogens (primary N) is 1. The van der Waals surface area contributed by atoms with Crippen molar-refractivity contribution in [2.24, 2.45) is 0 Å². The Morgan fingerprint density at radius 1 is 1.42 bits per heavy atom. The number of hydrogen-bond donors (Lipinski definition) is 2. The van der Waals surface area contributed by atoms with Crippen LogP contribution in [0.2, 0.25) is 0 Å². The fourth-order valence-corrected chi connectivity index (χ4v) is 2.23. The highest BCUT2D eigenvalue weighted by molar-refractivity contribution is 7.18. The Morgan fingerprint density at radius 2 is 2.17 bits per heavy atom. The second-order valence-corrected chi connectivity index (χ2v) is 3.71. The number of fused-ring (bicyclic) bond motifs is 1. The van der Waals surface area contributed by atoms with Crippen molar-refractivity contribution in [1.82, 2.24) is 0 Å². The summed E-state index contributed by atoms with van der Waals surface area (Å²) < 4.78 is 1.06. The molecule has 2 rings (SSSR count). The maximum Gasteiger partial charge on any atom is 0.118 e. The van der Waals surface area contributed by atoms with E-state index in [2.05, 4.69) is 0 Å². The molecule has 0 saturated heterocycles. The molecule has 0 atom stereocenters. The number of nitrogen functional groups attached to an aromatic ring is 1. The van der Waals surface area contributed by atoms with Crippen molar-refractivity contribution in [1.29, 1.82) is 0 Å². The van der Waals surface area contributed by atoms with Gasteiger partial charge in [-0.2, -0.15) is 0 Å². The Labute approximate surface area is 74.3 Å². The van der Waals surface area contributed by atoms with Gasteiger partial charge in [-0.25, -0.2) is 0 Å². The molecule has 1 aromatic heterocycles. The molecular weight excluding hydrogens is 170 g/mol. The monoisotopic (exact) mass is 179 g/mol. The van der Waals surface area contributed by atoms with E-state index in [1.54, 1.807) is 23.5 Å². The van der Waals surface area contributed by atoms with Crippen molar-refractivity contribution in [2.45, 2.75) is 6.92 Å². The first-order valence-corrected chi connectivity index (χ1v) is 4.53. The second-order valence-electron chi connectivity index (χ2n) is 2.83. The lowest BCUT2D eigenvalue weighted by molar-refractivity contribution is 0.476. The Hall–Kier alpha value is -1.22. The molecule has 0 aliphatic rings. The molecule has 2 aromatic rings. The average molecular weight is 179 g/mol. The number of hydrogen-bond acceptors (Lipinski definition) is 3. The molecule has 0 bridgehead atoms. The molecule has 0 amide bonds. The third-order valence-corrected chi connectivity index (χ3v) is 3.04. The molecule has 0 aliphatic carbocycles. The maximum atomic E-state index is 9.28. The highest BCUT2D eigenvalue weighted by atomic mass is 32.1. The van der Waals surface area contributed by atoms with Gasteiger partial charge in [-0.1, -0.05) is 0 Å². The highest BCUT2D eigenvalue weighted by Gasteiger charge is 2.04. The minimum atomic E-state index is 0.238. The van der Waals surface area contributed by atoms with E-state index in [9.17, 15) is 5.11 Å². The maximum absolute atomic E-state index is 9.28. The van der Waals surface area contributed by atoms with Crippen molar-refractivity contribution in [3.63, 3.8) is 0 Å². The van der Waals surface area contributed by atoms with Gasteiger partial charge in [0, 0.05) is 11.5 Å². The van der Waals surface area contributed by atoms with Gasteiger partial charge in [0.05, 0.1) is 10.4 Å². The van der Waals surface area contributed by atoms with E-state index >= 15 is 0 Å². The molecule has 0 aliphatic heterocycles. The van der Waals surface area contributed by atoms with Crippen LogP contribution in [0.15, 0.2) is 17.5 Å². The summed E-state index contributed by atoms with van der Waals surface area (Å²) in [6, 6.07) is 3.33. The van der Waals surface area contributed by atoms with Crippen molar-refractivity contribution < 1.29 is 5.11 Å². The van der Waals surface area contributed by atoms with E-state index in [0.29, 0.717) is 5.69 Å². The lowest BCUT2D eigenvalue weighted by atomic mass is 10.2. The number of phenolic OH excluding ortho intramolecular Hbond substituents is 1. The van der Waals surface area contributed by atoms with Crippen molar-refractivity contribution in [3.05, 3.63) is 23.1 Å². The molecule has 1 aromatic carbocycles. The molecule has 0 spiro atoms. The van der Waals surface area contributed by atoms with Crippen LogP contribution >= 0.6 is 11.3 Å². The summed E-state index contributed by atoms with van der Waals surface area (Å²) in [5.41, 5.74) is 7.54. The number of aromatic hydroxyl groups is 1. The number of aryl methyl sites for hydroxylation is 1. The first kappa shape index (κ1) is 7.43. The van der Waals surface area contributed by atoms with Gasteiger partial charge in [-0.3, -0.25) is 0 Å². The van der Waals surface area contributed by atoms with Crippen molar-refractivity contribution in [2.75, 3.05) is 5.73 Å². The first-order chi connectivity index (χ1) is 5.68. The average Bonchev–Trinajstić information content (AvgIpc) is 2.33. The molecule has 12 heavy (non-hydrogen) atoms. The number of anilines is 1. The van der Waals surface area contributed by atoms with Crippen LogP contribution in [0.4, 0.5) is 5.69 Å². The minimum absolute atomic E-state index is 0.238. The summed E-state index contributed by atoms with van der Waals surface area (Å²) in [5, 5.41) is 12.4. The third kappa shape index (κ3) is 0.940. The smallest absolute Gasteiger partial charge is 0.118 e. The number of phenols is 1. The predicted octanol–water partition coefficient (Wildman–Crippen LogP) is 2.50. The van der Waals surface area contributed by atoms with E-state index in [0.717, 1.165) is 15.6 Å². The molecule has 1 heterocycles. The van der Waals surface area contributed by atoms with Gasteiger partial charge in [0.15, 0.2) is 0 Å². The molecule has 0 radical (unpaired) electrons. The van der Waals surface area contributed by atoms with Gasteiger partial charge >= 0.3 is 0 Å². The van der Waals surface area contributed by atoms with Crippen molar-refractivity contribution in [3.8, 4) is 5.75 Å². The summed E-state index contributed by atoms with van der Waals surface area (Å²) >= 11 is 1.61. The van der Waals surface area contributed by atoms with E-state index < -0.39 is 0 Å². The summed E-state index contributed by atoms with van der Waals surface area (Å²) in [6.45, 7) is 2.01. The number of benzene rings is 1. The Kier molecular flexibility index (Phi) is 1.48. The zero-order valence-electron chi connectivity index (χ0n) is 6.66. The van der Waals surface area contributed by atoms with Gasteiger partial charge in [-0.05, 0) is 23.9 Å². The summed E-state index contributed by atoms with van der Waals surface area (Å²) in [5.74, 6) is 0.238. The summed E-state index contributed by atoms with van der Waals surface area (Å²) in [7, 11) is 0. The molecule has 3 N–H and O–H groups in total. The van der Waals surface area contributed by atoms with Crippen LogP contribution in [0.5, 0.6) is 5.75 Å². The van der Waals surface area contributed by atoms with Crippen LogP contribution in [0.3, 0.4) is 0 Å². The lowest BCUT2D eigenvalue weighted by Gasteiger charge is -1.97. The third-order valence-electron chi connectivity index (χ3n) is 1.88. The molecule has 2 nitrogen and oxygen atoms in total. The largest absolute Gasteiger partial charge is 0.508 e. The fourth-order valence-electron chi connectivity index (χ4n) is 1.27. The Balaban J connectivity index is 2.92. The normalized spacial score (nSPS) is 10.8. The fraction of sp³-hybridized carbons (Fsp3) is 0.111. The summed E-state index contributed by atoms with van der Waals surface area (Å²) in [4.78, 5) is 0. The Morgan fingerprint density at radius 3 is 2.92 bits per heavy atom. The second kappa shape index (κ2) is 2.38. The molecule has 3 heteroatoms. The standard InChI is InChI=1S/C9H9NOS/c1-5-4-12-9-7(5)2-6(11)3-8(9)10/h2-4,11H,10H2,1H3. The molecule has 0 fully saturated rings. The van der Waals surface area contributed by atoms with E-state index in [4.69, 9.17) is 5.73 Å². The van der Waals surface area contributed by atoms with Gasteiger partial charge in [0.25, 0.3) is 0 Å². The number of thiophene rings is 1. The van der Waals surface area contributed by atoms with Gasteiger partial charge in [-0.15, -0.1) is 11.3 Å². The van der Waals surface area contributed by atoms with Crippen LogP contribution in [0.1, 0.15) is 5.56 Å². The van der Waals surface area contributed by atoms with Gasteiger partial charge in [0.1, 0.15) is 5.75 Å². The van der Waals surface area contributed by atoms with E-state index in [1.807, 2.05) is 12.3 Å². The summed E-state index contributed by atoms with van der Waals surface area (Å²) in [6.07, 6.45) is 0. The topological polar surface area (TPSA) is 46.2 Å². The minimum Gasteiger partial charge on any atom is -0.508 e. The molecule has 0 saturated carbocycles. The lowest BCUT2D eigenvalue weighted by Crippen LogP contribution is -1.83. The van der Waals surface area contributed by atoms with Crippen LogP contribution in [0.25, 0.3) is 10.1 Å². The highest BCUT2D eigenvalue weighted by Crippen LogP contribution is 2.33. The van der Waals surface area contributed by atoms with Crippen LogP contribution in [0, 0.1) is 6.92 Å². The van der Waals surface area contributed by atoms with Crippen molar-refractivity contribution >= 4 is 27.1 Å². The zero-order valence-corrected chi connectivity index (χ0v) is 7.48. The number of rotatable bonds is 0. The van der Waals surface area contributed by atoms with E-state index in [-0.39, 0.29) is 5.75 Å². The van der Waals surface area contributed by atoms with Gasteiger partial charge < -0.3 is 10.8 Å².